The molecule has 34 heavy (non-hydrogen) atoms. The number of fused-ring (bicyclic) bond motifs is 1. The molecule has 3 rings (SSSR count). The zero-order valence-electron chi connectivity index (χ0n) is 19.9. The molecule has 2 aromatic carbocycles. The van der Waals surface area contributed by atoms with Crippen LogP contribution in [0.15, 0.2) is 30.3 Å². The number of aromatic hydroxyl groups is 4. The third kappa shape index (κ3) is 6.89. The molecule has 0 radical (unpaired) electrons. The summed E-state index contributed by atoms with van der Waals surface area (Å²) in [5.41, 5.74) is 0.974. The number of hydrogen-bond acceptors (Lipinski definition) is 7. The average molecular weight is 491 g/mol. The summed E-state index contributed by atoms with van der Waals surface area (Å²) in [5.74, 6) is 0.343. The van der Waals surface area contributed by atoms with E-state index in [-0.39, 0.29) is 23.0 Å². The van der Waals surface area contributed by atoms with E-state index in [0.717, 1.165) is 18.6 Å². The average Bonchev–Trinajstić information content (AvgIpc) is 2.80. The van der Waals surface area contributed by atoms with Gasteiger partial charge in [-0.15, -0.1) is 0 Å². The minimum Gasteiger partial charge on any atom is -0.508 e. The van der Waals surface area contributed by atoms with E-state index < -0.39 is 17.5 Å². The SMILES string of the molecule is CCCCCCCCCCCCSC1c2c(O)cc(O)cc2OC(c2ccc(O)c(O)c2)C1O. The fourth-order valence-electron chi connectivity index (χ4n) is 4.48. The number of unbranched alkanes of at least 4 members (excludes halogenated alkanes) is 9. The number of aliphatic hydroxyl groups is 1. The molecular weight excluding hydrogens is 452 g/mol. The van der Waals surface area contributed by atoms with Gasteiger partial charge in [0, 0.05) is 12.1 Å². The van der Waals surface area contributed by atoms with Crippen LogP contribution in [-0.4, -0.2) is 37.4 Å². The Bertz CT molecular complexity index is 918. The number of phenols is 4. The summed E-state index contributed by atoms with van der Waals surface area (Å²) in [6.45, 7) is 2.24. The maximum absolute atomic E-state index is 11.2. The number of rotatable bonds is 13. The van der Waals surface area contributed by atoms with E-state index in [2.05, 4.69) is 6.92 Å². The predicted molar refractivity (Wildman–Crippen MR) is 136 cm³/mol. The van der Waals surface area contributed by atoms with Crippen molar-refractivity contribution in [2.24, 2.45) is 0 Å². The molecule has 0 fully saturated rings. The largest absolute Gasteiger partial charge is 0.508 e. The third-order valence-electron chi connectivity index (χ3n) is 6.39. The van der Waals surface area contributed by atoms with Crippen molar-refractivity contribution in [3.63, 3.8) is 0 Å². The van der Waals surface area contributed by atoms with Gasteiger partial charge in [-0.3, -0.25) is 0 Å². The molecule has 1 heterocycles. The van der Waals surface area contributed by atoms with E-state index in [9.17, 15) is 25.5 Å². The Balaban J connectivity index is 1.59. The first-order valence-electron chi connectivity index (χ1n) is 12.5. The van der Waals surface area contributed by atoms with Gasteiger partial charge in [-0.25, -0.2) is 0 Å². The molecule has 6 nitrogen and oxygen atoms in total. The van der Waals surface area contributed by atoms with E-state index in [1.54, 1.807) is 17.8 Å². The van der Waals surface area contributed by atoms with E-state index in [1.807, 2.05) is 0 Å². The molecular formula is C27H38O6S. The van der Waals surface area contributed by atoms with Crippen LogP contribution in [0, 0.1) is 0 Å². The topological polar surface area (TPSA) is 110 Å². The van der Waals surface area contributed by atoms with E-state index in [4.69, 9.17) is 4.74 Å². The van der Waals surface area contributed by atoms with Crippen LogP contribution < -0.4 is 4.74 Å². The highest BCUT2D eigenvalue weighted by Gasteiger charge is 2.40. The van der Waals surface area contributed by atoms with E-state index >= 15 is 0 Å². The third-order valence-corrected chi connectivity index (χ3v) is 7.79. The lowest BCUT2D eigenvalue weighted by atomic mass is 9.93. The zero-order chi connectivity index (χ0) is 24.5. The number of benzene rings is 2. The van der Waals surface area contributed by atoms with Crippen LogP contribution in [-0.2, 0) is 0 Å². The highest BCUT2D eigenvalue weighted by atomic mass is 32.2. The second-order valence-corrected chi connectivity index (χ2v) is 10.4. The van der Waals surface area contributed by atoms with Crippen LogP contribution in [0.5, 0.6) is 28.7 Å². The summed E-state index contributed by atoms with van der Waals surface area (Å²) in [7, 11) is 0. The van der Waals surface area contributed by atoms with E-state index in [0.29, 0.717) is 16.9 Å². The highest BCUT2D eigenvalue weighted by Crippen LogP contribution is 2.52. The van der Waals surface area contributed by atoms with Crippen LogP contribution in [0.1, 0.15) is 93.6 Å². The van der Waals surface area contributed by atoms with Crippen LogP contribution in [0.2, 0.25) is 0 Å². The smallest absolute Gasteiger partial charge is 0.157 e. The van der Waals surface area contributed by atoms with Crippen LogP contribution in [0.4, 0.5) is 0 Å². The zero-order valence-corrected chi connectivity index (χ0v) is 20.8. The summed E-state index contributed by atoms with van der Waals surface area (Å²) in [4.78, 5) is 0. The number of ether oxygens (including phenoxy) is 1. The van der Waals surface area contributed by atoms with Crippen molar-refractivity contribution in [2.75, 3.05) is 5.75 Å². The summed E-state index contributed by atoms with van der Waals surface area (Å²) in [6.07, 6.45) is 10.7. The molecule has 1 aliphatic heterocycles. The predicted octanol–water partition coefficient (Wildman–Crippen LogP) is 6.70. The van der Waals surface area contributed by atoms with Gasteiger partial charge in [0.15, 0.2) is 17.6 Å². The summed E-state index contributed by atoms with van der Waals surface area (Å²) in [6, 6.07) is 6.99. The number of hydrogen-bond donors (Lipinski definition) is 5. The van der Waals surface area contributed by atoms with Gasteiger partial charge < -0.3 is 30.3 Å². The van der Waals surface area contributed by atoms with Crippen molar-refractivity contribution in [1.82, 2.24) is 0 Å². The molecule has 0 aromatic heterocycles. The molecule has 5 N–H and O–H groups in total. The van der Waals surface area contributed by atoms with Crippen molar-refractivity contribution < 1.29 is 30.3 Å². The van der Waals surface area contributed by atoms with E-state index in [1.165, 1.54) is 75.6 Å². The van der Waals surface area contributed by atoms with Crippen LogP contribution in [0.3, 0.4) is 0 Å². The molecule has 0 amide bonds. The fourth-order valence-corrected chi connectivity index (χ4v) is 5.85. The lowest BCUT2D eigenvalue weighted by molar-refractivity contribution is 0.0174. The molecule has 3 unspecified atom stereocenters. The van der Waals surface area contributed by atoms with Gasteiger partial charge in [-0.2, -0.15) is 11.8 Å². The molecule has 0 saturated heterocycles. The maximum Gasteiger partial charge on any atom is 0.157 e. The van der Waals surface area contributed by atoms with Gasteiger partial charge in [0.1, 0.15) is 23.4 Å². The van der Waals surface area contributed by atoms with Crippen molar-refractivity contribution in [1.29, 1.82) is 0 Å². The Hall–Kier alpha value is -2.25. The summed E-state index contributed by atoms with van der Waals surface area (Å²) in [5, 5.41) is 50.7. The van der Waals surface area contributed by atoms with Gasteiger partial charge in [0.2, 0.25) is 0 Å². The Morgan fingerprint density at radius 3 is 2.06 bits per heavy atom. The number of thioether (sulfide) groups is 1. The second kappa shape index (κ2) is 13.0. The van der Waals surface area contributed by atoms with Crippen molar-refractivity contribution >= 4 is 11.8 Å². The Kier molecular flexibility index (Phi) is 10.1. The molecule has 188 valence electrons. The quantitative estimate of drug-likeness (QED) is 0.157. The van der Waals surface area contributed by atoms with Gasteiger partial charge in [0.05, 0.1) is 10.8 Å². The molecule has 7 heteroatoms. The molecule has 3 atom stereocenters. The van der Waals surface area contributed by atoms with Gasteiger partial charge in [-0.05, 0) is 29.9 Å². The minimum absolute atomic E-state index is 0.110. The molecule has 0 bridgehead atoms. The monoisotopic (exact) mass is 490 g/mol. The normalized spacial score (nSPS) is 19.5. The standard InChI is InChI=1S/C27H38O6S/c1-2-3-4-5-6-7-8-9-10-11-14-34-27-24-22(31)16-19(28)17-23(24)33-26(25(27)32)18-12-13-20(29)21(30)15-18/h12-13,15-17,25-32H,2-11,14H2,1H3. The Morgan fingerprint density at radius 2 is 1.41 bits per heavy atom. The molecule has 0 saturated carbocycles. The second-order valence-electron chi connectivity index (χ2n) is 9.13. The Labute approximate surface area is 206 Å². The highest BCUT2D eigenvalue weighted by molar-refractivity contribution is 7.99. The van der Waals surface area contributed by atoms with Gasteiger partial charge in [0.25, 0.3) is 0 Å². The van der Waals surface area contributed by atoms with Crippen LogP contribution >= 0.6 is 11.8 Å². The van der Waals surface area contributed by atoms with Crippen LogP contribution in [0.25, 0.3) is 0 Å². The first-order valence-corrected chi connectivity index (χ1v) is 13.5. The summed E-state index contributed by atoms with van der Waals surface area (Å²) < 4.78 is 5.95. The lowest BCUT2D eigenvalue weighted by Gasteiger charge is -2.37. The lowest BCUT2D eigenvalue weighted by Crippen LogP contribution is -2.33. The maximum atomic E-state index is 11.2. The number of phenolic OH excluding ortho intramolecular Hbond substituents is 4. The fraction of sp³-hybridized carbons (Fsp3) is 0.556. The first-order chi connectivity index (χ1) is 16.4. The molecule has 1 aliphatic rings. The molecule has 0 spiro atoms. The van der Waals surface area contributed by atoms with Crippen molar-refractivity contribution in [3.8, 4) is 28.7 Å². The first kappa shape index (κ1) is 26.4. The van der Waals surface area contributed by atoms with Gasteiger partial charge in [-0.1, -0.05) is 70.8 Å². The van der Waals surface area contributed by atoms with Crippen molar-refractivity contribution in [2.45, 2.75) is 88.6 Å². The van der Waals surface area contributed by atoms with Gasteiger partial charge >= 0.3 is 0 Å². The summed E-state index contributed by atoms with van der Waals surface area (Å²) >= 11 is 1.57. The number of aliphatic hydroxyl groups excluding tert-OH is 1. The van der Waals surface area contributed by atoms with Crippen molar-refractivity contribution in [3.05, 3.63) is 41.5 Å². The molecule has 0 aliphatic carbocycles. The Morgan fingerprint density at radius 1 is 0.765 bits per heavy atom. The molecule has 2 aromatic rings. The minimum atomic E-state index is -0.986.